The normalized spacial score (nSPS) is 12.7. The molecule has 1 aromatic heterocycles. The maximum Gasteiger partial charge on any atom is 0.246 e. The number of fused-ring (bicyclic) bond motifs is 1. The molecule has 3 rings (SSSR count). The van der Waals surface area contributed by atoms with Crippen molar-refractivity contribution in [2.75, 3.05) is 13.2 Å². The second-order valence-corrected chi connectivity index (χ2v) is 6.29. The molecule has 1 aliphatic carbocycles. The molecule has 0 fully saturated rings. The van der Waals surface area contributed by atoms with Gasteiger partial charge in [0.25, 0.3) is 0 Å². The molecule has 0 radical (unpaired) electrons. The van der Waals surface area contributed by atoms with E-state index in [-0.39, 0.29) is 5.91 Å². The van der Waals surface area contributed by atoms with E-state index in [0.717, 1.165) is 17.7 Å². The third-order valence-corrected chi connectivity index (χ3v) is 4.68. The van der Waals surface area contributed by atoms with Gasteiger partial charge in [-0.1, -0.05) is 12.6 Å². The van der Waals surface area contributed by atoms with Crippen molar-refractivity contribution in [1.82, 2.24) is 9.27 Å². The van der Waals surface area contributed by atoms with E-state index < -0.39 is 0 Å². The summed E-state index contributed by atoms with van der Waals surface area (Å²) in [4.78, 5) is 13.7. The van der Waals surface area contributed by atoms with Gasteiger partial charge in [-0.3, -0.25) is 4.79 Å². The number of hydrogen-bond acceptors (Lipinski definition) is 4. The van der Waals surface area contributed by atoms with Crippen LogP contribution in [0.3, 0.4) is 0 Å². The van der Waals surface area contributed by atoms with Gasteiger partial charge in [-0.05, 0) is 60.1 Å². The average molecular weight is 328 g/mol. The van der Waals surface area contributed by atoms with Gasteiger partial charge >= 0.3 is 0 Å². The van der Waals surface area contributed by atoms with Crippen molar-refractivity contribution >= 4 is 17.4 Å². The molecule has 0 aliphatic heterocycles. The lowest BCUT2D eigenvalue weighted by Crippen LogP contribution is -2.32. The topological polar surface area (TPSA) is 42.4 Å². The highest BCUT2D eigenvalue weighted by Gasteiger charge is 2.13. The highest BCUT2D eigenvalue weighted by molar-refractivity contribution is 7.03. The highest BCUT2D eigenvalue weighted by atomic mass is 32.1. The van der Waals surface area contributed by atoms with Gasteiger partial charge in [0, 0.05) is 23.7 Å². The number of amides is 1. The first-order valence-electron chi connectivity index (χ1n) is 7.80. The van der Waals surface area contributed by atoms with Crippen LogP contribution in [-0.4, -0.2) is 28.3 Å². The van der Waals surface area contributed by atoms with Crippen LogP contribution in [0.2, 0.25) is 0 Å². The van der Waals surface area contributed by atoms with E-state index in [1.165, 1.54) is 41.6 Å². The molecule has 120 valence electrons. The molecule has 5 heteroatoms. The van der Waals surface area contributed by atoms with E-state index >= 15 is 0 Å². The van der Waals surface area contributed by atoms with E-state index in [9.17, 15) is 4.79 Å². The predicted octanol–water partition coefficient (Wildman–Crippen LogP) is 3.23. The zero-order chi connectivity index (χ0) is 16.1. The van der Waals surface area contributed by atoms with Gasteiger partial charge in [0.05, 0.1) is 6.54 Å². The van der Waals surface area contributed by atoms with Crippen LogP contribution >= 0.6 is 11.5 Å². The molecular weight excluding hydrogens is 308 g/mol. The van der Waals surface area contributed by atoms with Gasteiger partial charge in [0.1, 0.15) is 12.4 Å². The van der Waals surface area contributed by atoms with Crippen LogP contribution in [0.4, 0.5) is 0 Å². The molecular formula is C18H20N2O2S. The summed E-state index contributed by atoms with van der Waals surface area (Å²) in [7, 11) is 0. The number of carbonyl (C=O) groups excluding carboxylic acids is 1. The third-order valence-electron chi connectivity index (χ3n) is 4.04. The number of rotatable bonds is 7. The Labute approximate surface area is 140 Å². The molecule has 1 aromatic carbocycles. The second kappa shape index (κ2) is 7.42. The van der Waals surface area contributed by atoms with Crippen molar-refractivity contribution in [2.45, 2.75) is 25.8 Å². The van der Waals surface area contributed by atoms with Crippen LogP contribution in [0, 0.1) is 0 Å². The summed E-state index contributed by atoms with van der Waals surface area (Å²) in [5.74, 6) is 0.794. The smallest absolute Gasteiger partial charge is 0.246 e. The molecule has 2 aromatic rings. The van der Waals surface area contributed by atoms with E-state index in [1.807, 2.05) is 11.4 Å². The fraction of sp³-hybridized carbons (Fsp3) is 0.333. The zero-order valence-electron chi connectivity index (χ0n) is 13.0. The summed E-state index contributed by atoms with van der Waals surface area (Å²) in [5.41, 5.74) is 3.86. The molecule has 4 nitrogen and oxygen atoms in total. The first kappa shape index (κ1) is 15.7. The van der Waals surface area contributed by atoms with Crippen LogP contribution in [0.25, 0.3) is 0 Å². The summed E-state index contributed by atoms with van der Waals surface area (Å²) in [6, 6.07) is 6.30. The van der Waals surface area contributed by atoms with Crippen LogP contribution in [0.1, 0.15) is 23.1 Å². The molecule has 0 saturated heterocycles. The quantitative estimate of drug-likeness (QED) is 0.733. The Balaban J connectivity index is 1.56. The Kier molecular flexibility index (Phi) is 5.08. The molecule has 0 N–H and O–H groups in total. The van der Waals surface area contributed by atoms with E-state index in [1.54, 1.807) is 11.1 Å². The number of hydrogen-bond donors (Lipinski definition) is 0. The standard InChI is InChI=1S/C18H20N2O2S/c1-2-18(21)20(12-14-11-19-23-13-14)8-9-22-17-7-6-15-4-3-5-16(15)10-17/h2,6-7,10-11,13H,1,3-5,8-9,12H2. The van der Waals surface area contributed by atoms with Crippen molar-refractivity contribution in [1.29, 1.82) is 0 Å². The van der Waals surface area contributed by atoms with Gasteiger partial charge in [-0.15, -0.1) is 0 Å². The summed E-state index contributed by atoms with van der Waals surface area (Å²) in [6.45, 7) is 5.10. The zero-order valence-corrected chi connectivity index (χ0v) is 13.8. The molecule has 23 heavy (non-hydrogen) atoms. The SMILES string of the molecule is C=CC(=O)N(CCOc1ccc2c(c1)CCC2)Cc1cnsc1. The summed E-state index contributed by atoms with van der Waals surface area (Å²) in [6.07, 6.45) is 6.67. The molecule has 0 spiro atoms. The molecule has 0 atom stereocenters. The maximum absolute atomic E-state index is 12.0. The fourth-order valence-electron chi connectivity index (χ4n) is 2.83. The first-order valence-corrected chi connectivity index (χ1v) is 8.64. The van der Waals surface area contributed by atoms with Crippen LogP contribution in [0.15, 0.2) is 42.4 Å². The molecule has 1 aliphatic rings. The summed E-state index contributed by atoms with van der Waals surface area (Å²) < 4.78 is 9.90. The van der Waals surface area contributed by atoms with Crippen LogP contribution < -0.4 is 4.74 Å². The first-order chi connectivity index (χ1) is 11.3. The van der Waals surface area contributed by atoms with Crippen molar-refractivity contribution in [3.8, 4) is 5.75 Å². The largest absolute Gasteiger partial charge is 0.492 e. The molecule has 0 saturated carbocycles. The minimum absolute atomic E-state index is 0.0891. The Morgan fingerprint density at radius 1 is 1.39 bits per heavy atom. The van der Waals surface area contributed by atoms with Crippen molar-refractivity contribution in [3.63, 3.8) is 0 Å². The number of aryl methyl sites for hydroxylation is 2. The Morgan fingerprint density at radius 2 is 2.26 bits per heavy atom. The van der Waals surface area contributed by atoms with Crippen molar-refractivity contribution in [2.24, 2.45) is 0 Å². The van der Waals surface area contributed by atoms with Gasteiger partial charge in [0.2, 0.25) is 5.91 Å². The summed E-state index contributed by atoms with van der Waals surface area (Å²) >= 11 is 1.39. The number of aromatic nitrogens is 1. The molecule has 0 unspecified atom stereocenters. The lowest BCUT2D eigenvalue weighted by Gasteiger charge is -2.20. The lowest BCUT2D eigenvalue weighted by molar-refractivity contribution is -0.127. The van der Waals surface area contributed by atoms with Gasteiger partial charge < -0.3 is 9.64 Å². The summed E-state index contributed by atoms with van der Waals surface area (Å²) in [5, 5.41) is 1.95. The van der Waals surface area contributed by atoms with Gasteiger partial charge in [-0.25, -0.2) is 4.37 Å². The van der Waals surface area contributed by atoms with Gasteiger partial charge in [-0.2, -0.15) is 0 Å². The molecule has 0 bridgehead atoms. The number of nitrogens with zero attached hydrogens (tertiary/aromatic N) is 2. The third kappa shape index (κ3) is 3.99. The number of benzene rings is 1. The molecule has 1 amide bonds. The Hall–Kier alpha value is -2.14. The van der Waals surface area contributed by atoms with Crippen molar-refractivity contribution < 1.29 is 9.53 Å². The minimum atomic E-state index is -0.0891. The minimum Gasteiger partial charge on any atom is -0.492 e. The Morgan fingerprint density at radius 3 is 3.04 bits per heavy atom. The average Bonchev–Trinajstić information content (AvgIpc) is 3.24. The molecule has 1 heterocycles. The second-order valence-electron chi connectivity index (χ2n) is 5.63. The number of ether oxygens (including phenoxy) is 1. The van der Waals surface area contributed by atoms with E-state index in [2.05, 4.69) is 23.1 Å². The van der Waals surface area contributed by atoms with Crippen molar-refractivity contribution in [3.05, 3.63) is 59.1 Å². The monoisotopic (exact) mass is 328 g/mol. The van der Waals surface area contributed by atoms with Crippen LogP contribution in [-0.2, 0) is 24.2 Å². The van der Waals surface area contributed by atoms with E-state index in [0.29, 0.717) is 19.7 Å². The fourth-order valence-corrected chi connectivity index (χ4v) is 3.36. The van der Waals surface area contributed by atoms with Gasteiger partial charge in [0.15, 0.2) is 0 Å². The highest BCUT2D eigenvalue weighted by Crippen LogP contribution is 2.26. The Bertz CT molecular complexity index is 682. The van der Waals surface area contributed by atoms with E-state index in [4.69, 9.17) is 4.74 Å². The lowest BCUT2D eigenvalue weighted by atomic mass is 10.1. The van der Waals surface area contributed by atoms with Crippen LogP contribution in [0.5, 0.6) is 5.75 Å². The number of carbonyl (C=O) groups is 1. The predicted molar refractivity (Wildman–Crippen MR) is 91.7 cm³/mol. The maximum atomic E-state index is 12.0.